The van der Waals surface area contributed by atoms with Crippen LogP contribution in [0.25, 0.3) is 0 Å². The van der Waals surface area contributed by atoms with Crippen LogP contribution in [-0.4, -0.2) is 32.6 Å². The van der Waals surface area contributed by atoms with Gasteiger partial charge in [-0.3, -0.25) is 0 Å². The monoisotopic (exact) mass is 283 g/mol. The number of rotatable bonds is 4. The first-order valence-electron chi connectivity index (χ1n) is 7.93. The zero-order valence-corrected chi connectivity index (χ0v) is 12.5. The van der Waals surface area contributed by atoms with Crippen molar-refractivity contribution in [2.75, 3.05) is 18.0 Å². The highest BCUT2D eigenvalue weighted by Crippen LogP contribution is 2.32. The van der Waals surface area contributed by atoms with E-state index >= 15 is 0 Å². The number of hydrogen-bond acceptors (Lipinski definition) is 4. The number of anilines is 1. The van der Waals surface area contributed by atoms with Crippen LogP contribution >= 0.6 is 0 Å². The maximum Gasteiger partial charge on any atom is 0.135 e. The molecule has 0 aromatic carbocycles. The lowest BCUT2D eigenvalue weighted by atomic mass is 9.99. The average molecular weight is 283 g/mol. The number of nitrogens with zero attached hydrogens (tertiary/aromatic N) is 5. The van der Waals surface area contributed by atoms with E-state index in [4.69, 9.17) is 0 Å². The summed E-state index contributed by atoms with van der Waals surface area (Å²) < 4.78 is 2.30. The molecule has 5 nitrogen and oxygen atoms in total. The summed E-state index contributed by atoms with van der Waals surface area (Å²) in [5.74, 6) is 3.09. The molecule has 0 radical (unpaired) electrons. The number of imidazole rings is 1. The summed E-state index contributed by atoms with van der Waals surface area (Å²) in [4.78, 5) is 15.8. The molecule has 0 N–H and O–H groups in total. The van der Waals surface area contributed by atoms with E-state index in [2.05, 4.69) is 37.5 Å². The summed E-state index contributed by atoms with van der Waals surface area (Å²) in [6, 6.07) is 0. The molecule has 21 heavy (non-hydrogen) atoms. The van der Waals surface area contributed by atoms with Gasteiger partial charge in [0.05, 0.1) is 0 Å². The van der Waals surface area contributed by atoms with Crippen LogP contribution in [0, 0.1) is 5.92 Å². The third-order valence-electron chi connectivity index (χ3n) is 4.68. The van der Waals surface area contributed by atoms with Crippen molar-refractivity contribution < 1.29 is 0 Å². The Morgan fingerprint density at radius 3 is 2.95 bits per heavy atom. The smallest absolute Gasteiger partial charge is 0.135 e. The van der Waals surface area contributed by atoms with E-state index in [1.165, 1.54) is 29.3 Å². The van der Waals surface area contributed by atoms with Gasteiger partial charge >= 0.3 is 0 Å². The molecule has 0 saturated carbocycles. The standard InChI is InChI=1S/C16H21N5/c1-2-15-17-6-7-20(15)8-12-9-21(10-12)16-13-4-3-5-14(13)18-11-19-16/h6-7,11-12H,2-5,8-10H2,1H3. The fourth-order valence-electron chi connectivity index (χ4n) is 3.57. The van der Waals surface area contributed by atoms with E-state index < -0.39 is 0 Å². The first-order valence-corrected chi connectivity index (χ1v) is 7.93. The molecule has 1 saturated heterocycles. The van der Waals surface area contributed by atoms with Crippen molar-refractivity contribution in [3.8, 4) is 0 Å². The second-order valence-electron chi connectivity index (χ2n) is 6.10. The molecule has 5 heteroatoms. The van der Waals surface area contributed by atoms with Crippen molar-refractivity contribution >= 4 is 5.82 Å². The summed E-state index contributed by atoms with van der Waals surface area (Å²) >= 11 is 0. The van der Waals surface area contributed by atoms with Gasteiger partial charge in [-0.25, -0.2) is 15.0 Å². The van der Waals surface area contributed by atoms with Crippen LogP contribution in [-0.2, 0) is 25.8 Å². The predicted molar refractivity (Wildman–Crippen MR) is 81.4 cm³/mol. The zero-order chi connectivity index (χ0) is 14.2. The van der Waals surface area contributed by atoms with E-state index in [0.717, 1.165) is 38.9 Å². The van der Waals surface area contributed by atoms with Crippen LogP contribution in [0.1, 0.15) is 30.4 Å². The van der Waals surface area contributed by atoms with E-state index in [0.29, 0.717) is 5.92 Å². The summed E-state index contributed by atoms with van der Waals surface area (Å²) in [5, 5.41) is 0. The maximum atomic E-state index is 4.53. The Labute approximate surface area is 125 Å². The quantitative estimate of drug-likeness (QED) is 0.859. The Hall–Kier alpha value is -1.91. The molecule has 3 heterocycles. The highest BCUT2D eigenvalue weighted by Gasteiger charge is 2.31. The number of fused-ring (bicyclic) bond motifs is 1. The highest BCUT2D eigenvalue weighted by atomic mass is 15.3. The van der Waals surface area contributed by atoms with Crippen LogP contribution in [0.15, 0.2) is 18.7 Å². The SMILES string of the molecule is CCc1nccn1CC1CN(c2ncnc3c2CCC3)C1. The van der Waals surface area contributed by atoms with Crippen LogP contribution in [0.4, 0.5) is 5.82 Å². The van der Waals surface area contributed by atoms with Crippen molar-refractivity contribution in [1.29, 1.82) is 0 Å². The predicted octanol–water partition coefficient (Wildman–Crippen LogP) is 1.86. The molecule has 2 aliphatic rings. The van der Waals surface area contributed by atoms with Gasteiger partial charge in [0.2, 0.25) is 0 Å². The van der Waals surface area contributed by atoms with Crippen LogP contribution in [0.5, 0.6) is 0 Å². The minimum absolute atomic E-state index is 0.705. The third kappa shape index (κ3) is 2.20. The molecule has 110 valence electrons. The summed E-state index contributed by atoms with van der Waals surface area (Å²) in [6.45, 7) is 5.44. The Morgan fingerprint density at radius 1 is 1.19 bits per heavy atom. The molecule has 2 aromatic rings. The Bertz CT molecular complexity index is 642. The molecule has 1 fully saturated rings. The molecule has 1 aliphatic carbocycles. The van der Waals surface area contributed by atoms with Crippen molar-refractivity contribution in [2.24, 2.45) is 5.92 Å². The van der Waals surface area contributed by atoms with Crippen molar-refractivity contribution in [2.45, 2.75) is 39.2 Å². The van der Waals surface area contributed by atoms with Crippen molar-refractivity contribution in [1.82, 2.24) is 19.5 Å². The minimum atomic E-state index is 0.705. The van der Waals surface area contributed by atoms with Gasteiger partial charge in [-0.2, -0.15) is 0 Å². The molecule has 0 spiro atoms. The molecule has 1 aliphatic heterocycles. The first-order chi connectivity index (χ1) is 10.3. The van der Waals surface area contributed by atoms with Gasteiger partial charge in [0.15, 0.2) is 0 Å². The maximum absolute atomic E-state index is 4.53. The van der Waals surface area contributed by atoms with Gasteiger partial charge in [-0.1, -0.05) is 6.92 Å². The van der Waals surface area contributed by atoms with E-state index in [1.54, 1.807) is 6.33 Å². The number of aryl methyl sites for hydroxylation is 2. The molecule has 0 amide bonds. The van der Waals surface area contributed by atoms with Gasteiger partial charge in [0, 0.05) is 55.6 Å². The molecule has 0 bridgehead atoms. The number of hydrogen-bond donors (Lipinski definition) is 0. The fraction of sp³-hybridized carbons (Fsp3) is 0.562. The molecule has 0 atom stereocenters. The second kappa shape index (κ2) is 5.13. The second-order valence-corrected chi connectivity index (χ2v) is 6.10. The molecule has 0 unspecified atom stereocenters. The third-order valence-corrected chi connectivity index (χ3v) is 4.68. The van der Waals surface area contributed by atoms with E-state index in [-0.39, 0.29) is 0 Å². The molecular formula is C16H21N5. The lowest BCUT2D eigenvalue weighted by molar-refractivity contribution is 0.350. The van der Waals surface area contributed by atoms with Crippen LogP contribution in [0.2, 0.25) is 0 Å². The molecular weight excluding hydrogens is 262 g/mol. The summed E-state index contributed by atoms with van der Waals surface area (Å²) in [5.41, 5.74) is 2.67. The molecule has 4 rings (SSSR count). The molecule has 2 aromatic heterocycles. The van der Waals surface area contributed by atoms with Gasteiger partial charge < -0.3 is 9.47 Å². The largest absolute Gasteiger partial charge is 0.355 e. The normalized spacial score (nSPS) is 17.9. The summed E-state index contributed by atoms with van der Waals surface area (Å²) in [7, 11) is 0. The van der Waals surface area contributed by atoms with Crippen LogP contribution < -0.4 is 4.90 Å². The van der Waals surface area contributed by atoms with E-state index in [1.807, 2.05) is 6.20 Å². The van der Waals surface area contributed by atoms with Gasteiger partial charge in [-0.15, -0.1) is 0 Å². The van der Waals surface area contributed by atoms with E-state index in [9.17, 15) is 0 Å². The Morgan fingerprint density at radius 2 is 2.10 bits per heavy atom. The van der Waals surface area contributed by atoms with Crippen LogP contribution in [0.3, 0.4) is 0 Å². The lowest BCUT2D eigenvalue weighted by Crippen LogP contribution is -2.49. The van der Waals surface area contributed by atoms with Crippen molar-refractivity contribution in [3.63, 3.8) is 0 Å². The van der Waals surface area contributed by atoms with Gasteiger partial charge in [0.25, 0.3) is 0 Å². The minimum Gasteiger partial charge on any atom is -0.355 e. The van der Waals surface area contributed by atoms with Gasteiger partial charge in [-0.05, 0) is 19.3 Å². The average Bonchev–Trinajstić information content (AvgIpc) is 3.10. The highest BCUT2D eigenvalue weighted by molar-refractivity contribution is 5.52. The summed E-state index contributed by atoms with van der Waals surface area (Å²) in [6.07, 6.45) is 10.2. The lowest BCUT2D eigenvalue weighted by Gasteiger charge is -2.41. The van der Waals surface area contributed by atoms with Crippen molar-refractivity contribution in [3.05, 3.63) is 35.8 Å². The number of aromatic nitrogens is 4. The Balaban J connectivity index is 1.43. The fourth-order valence-corrected chi connectivity index (χ4v) is 3.57. The topological polar surface area (TPSA) is 46.8 Å². The zero-order valence-electron chi connectivity index (χ0n) is 12.5. The first kappa shape index (κ1) is 12.8. The Kier molecular flexibility index (Phi) is 3.13. The van der Waals surface area contributed by atoms with Gasteiger partial charge in [0.1, 0.15) is 18.0 Å².